The number of hydrogen-bond acceptors (Lipinski definition) is 8. The summed E-state index contributed by atoms with van der Waals surface area (Å²) in [5.74, 6) is 2.58. The van der Waals surface area contributed by atoms with Gasteiger partial charge in [-0.2, -0.15) is 0 Å². The molecule has 5 heterocycles. The predicted molar refractivity (Wildman–Crippen MR) is 103 cm³/mol. The molecule has 1 fully saturated rings. The number of hydrogen-bond donors (Lipinski definition) is 1. The molecule has 0 aliphatic carbocycles. The first-order valence-corrected chi connectivity index (χ1v) is 9.29. The average Bonchev–Trinajstić information content (AvgIpc) is 3.48. The lowest BCUT2D eigenvalue weighted by atomic mass is 10.1. The highest BCUT2D eigenvalue weighted by molar-refractivity contribution is 6.04. The van der Waals surface area contributed by atoms with E-state index in [2.05, 4.69) is 20.2 Å². The van der Waals surface area contributed by atoms with E-state index in [1.54, 1.807) is 12.5 Å². The van der Waals surface area contributed by atoms with Gasteiger partial charge in [-0.1, -0.05) is 0 Å². The van der Waals surface area contributed by atoms with E-state index in [1.807, 2.05) is 24.3 Å². The number of nitrogens with one attached hydrogen (secondary N) is 1. The van der Waals surface area contributed by atoms with Crippen molar-refractivity contribution in [2.24, 2.45) is 0 Å². The number of aromatic nitrogens is 2. The average molecular weight is 380 g/mol. The van der Waals surface area contributed by atoms with Gasteiger partial charge in [0.05, 0.1) is 36.7 Å². The number of rotatable bonds is 6. The third kappa shape index (κ3) is 3.17. The molecule has 0 bridgehead atoms. The molecule has 0 radical (unpaired) electrons. The molecule has 4 aromatic heterocycles. The van der Waals surface area contributed by atoms with E-state index in [0.717, 1.165) is 50.3 Å². The Labute approximate surface area is 161 Å². The standard InChI is InChI=1S/C20H20N4O4/c1-3-14(26-9-1)16-17-19(21-5-6-24-7-11-25-12-8-24)22-13-23-20(17)28-18(16)15-4-2-10-27-15/h1-4,9-10,13H,5-8,11-12H2,(H,21,22,23). The molecule has 0 saturated carbocycles. The van der Waals surface area contributed by atoms with E-state index in [-0.39, 0.29) is 0 Å². The number of ether oxygens (including phenoxy) is 1. The quantitative estimate of drug-likeness (QED) is 0.544. The number of morpholine rings is 1. The third-order valence-corrected chi connectivity index (χ3v) is 4.83. The molecule has 8 heteroatoms. The highest BCUT2D eigenvalue weighted by Gasteiger charge is 2.25. The Morgan fingerprint density at radius 1 is 1.00 bits per heavy atom. The number of anilines is 1. The summed E-state index contributed by atoms with van der Waals surface area (Å²) in [6.07, 6.45) is 4.75. The van der Waals surface area contributed by atoms with Gasteiger partial charge in [-0.3, -0.25) is 4.90 Å². The van der Waals surface area contributed by atoms with Gasteiger partial charge in [-0.05, 0) is 24.3 Å². The zero-order valence-electron chi connectivity index (χ0n) is 15.3. The monoisotopic (exact) mass is 380 g/mol. The summed E-state index contributed by atoms with van der Waals surface area (Å²) >= 11 is 0. The Balaban J connectivity index is 1.51. The Bertz CT molecular complexity index is 1030. The molecule has 1 saturated heterocycles. The maximum Gasteiger partial charge on any atom is 0.232 e. The minimum atomic E-state index is 0.488. The van der Waals surface area contributed by atoms with Crippen LogP contribution in [0.5, 0.6) is 0 Å². The molecule has 0 atom stereocenters. The van der Waals surface area contributed by atoms with Gasteiger partial charge < -0.3 is 23.3 Å². The lowest BCUT2D eigenvalue weighted by Gasteiger charge is -2.26. The summed E-state index contributed by atoms with van der Waals surface area (Å²) < 4.78 is 22.7. The van der Waals surface area contributed by atoms with Crippen LogP contribution in [0.2, 0.25) is 0 Å². The lowest BCUT2D eigenvalue weighted by molar-refractivity contribution is 0.0398. The first kappa shape index (κ1) is 17.0. The molecular weight excluding hydrogens is 360 g/mol. The number of nitrogens with zero attached hydrogens (tertiary/aromatic N) is 3. The minimum Gasteiger partial charge on any atom is -0.464 e. The fourth-order valence-electron chi connectivity index (χ4n) is 3.46. The number of fused-ring (bicyclic) bond motifs is 1. The molecule has 8 nitrogen and oxygen atoms in total. The van der Waals surface area contributed by atoms with Crippen molar-refractivity contribution < 1.29 is 18.0 Å². The first-order chi connectivity index (χ1) is 13.9. The van der Waals surface area contributed by atoms with Crippen molar-refractivity contribution in [2.45, 2.75) is 0 Å². The zero-order valence-corrected chi connectivity index (χ0v) is 15.3. The van der Waals surface area contributed by atoms with E-state index in [4.69, 9.17) is 18.0 Å². The maximum atomic E-state index is 6.03. The molecular formula is C20H20N4O4. The van der Waals surface area contributed by atoms with E-state index >= 15 is 0 Å². The van der Waals surface area contributed by atoms with E-state index in [1.165, 1.54) is 6.33 Å². The van der Waals surface area contributed by atoms with Gasteiger partial charge in [-0.15, -0.1) is 0 Å². The van der Waals surface area contributed by atoms with Crippen LogP contribution in [0, 0.1) is 0 Å². The van der Waals surface area contributed by atoms with Gasteiger partial charge in [0.25, 0.3) is 0 Å². The van der Waals surface area contributed by atoms with Crippen LogP contribution in [-0.4, -0.2) is 54.3 Å². The molecule has 0 amide bonds. The van der Waals surface area contributed by atoms with Crippen LogP contribution in [0.15, 0.2) is 56.4 Å². The van der Waals surface area contributed by atoms with Crippen molar-refractivity contribution in [3.8, 4) is 22.8 Å². The van der Waals surface area contributed by atoms with E-state index in [9.17, 15) is 0 Å². The largest absolute Gasteiger partial charge is 0.464 e. The zero-order chi connectivity index (χ0) is 18.8. The molecule has 5 rings (SSSR count). The topological polar surface area (TPSA) is 89.7 Å². The molecule has 0 unspecified atom stereocenters. The van der Waals surface area contributed by atoms with Crippen molar-refractivity contribution in [3.63, 3.8) is 0 Å². The van der Waals surface area contributed by atoms with Crippen molar-refractivity contribution in [3.05, 3.63) is 43.1 Å². The molecule has 1 aliphatic rings. The van der Waals surface area contributed by atoms with Crippen LogP contribution < -0.4 is 5.32 Å². The Morgan fingerprint density at radius 3 is 2.54 bits per heavy atom. The summed E-state index contributed by atoms with van der Waals surface area (Å²) in [6.45, 7) is 5.14. The summed E-state index contributed by atoms with van der Waals surface area (Å²) in [7, 11) is 0. The van der Waals surface area contributed by atoms with Crippen molar-refractivity contribution in [2.75, 3.05) is 44.7 Å². The summed E-state index contributed by atoms with van der Waals surface area (Å²) in [4.78, 5) is 11.1. The van der Waals surface area contributed by atoms with Gasteiger partial charge in [-0.25, -0.2) is 9.97 Å². The molecule has 28 heavy (non-hydrogen) atoms. The van der Waals surface area contributed by atoms with Gasteiger partial charge in [0.1, 0.15) is 17.9 Å². The van der Waals surface area contributed by atoms with Crippen LogP contribution in [-0.2, 0) is 4.74 Å². The second-order valence-corrected chi connectivity index (χ2v) is 6.54. The highest BCUT2D eigenvalue weighted by Crippen LogP contribution is 2.42. The smallest absolute Gasteiger partial charge is 0.232 e. The highest BCUT2D eigenvalue weighted by atomic mass is 16.5. The van der Waals surface area contributed by atoms with E-state index in [0.29, 0.717) is 28.8 Å². The molecule has 1 aliphatic heterocycles. The van der Waals surface area contributed by atoms with Crippen molar-refractivity contribution >= 4 is 16.9 Å². The maximum absolute atomic E-state index is 6.03. The molecule has 1 N–H and O–H groups in total. The van der Waals surface area contributed by atoms with Gasteiger partial charge in [0.2, 0.25) is 5.71 Å². The summed E-state index contributed by atoms with van der Waals surface area (Å²) in [6, 6.07) is 7.40. The molecule has 4 aromatic rings. The number of furan rings is 3. The normalized spacial score (nSPS) is 15.3. The van der Waals surface area contributed by atoms with Crippen LogP contribution in [0.4, 0.5) is 5.82 Å². The van der Waals surface area contributed by atoms with Crippen molar-refractivity contribution in [1.82, 2.24) is 14.9 Å². The van der Waals surface area contributed by atoms with Crippen LogP contribution in [0.25, 0.3) is 33.9 Å². The molecule has 0 spiro atoms. The van der Waals surface area contributed by atoms with Crippen LogP contribution in [0.3, 0.4) is 0 Å². The van der Waals surface area contributed by atoms with Crippen LogP contribution >= 0.6 is 0 Å². The Kier molecular flexibility index (Phi) is 4.56. The molecule has 144 valence electrons. The second kappa shape index (κ2) is 7.49. The summed E-state index contributed by atoms with van der Waals surface area (Å²) in [5.41, 5.74) is 1.27. The second-order valence-electron chi connectivity index (χ2n) is 6.54. The fourth-order valence-corrected chi connectivity index (χ4v) is 3.46. The van der Waals surface area contributed by atoms with Gasteiger partial charge >= 0.3 is 0 Å². The van der Waals surface area contributed by atoms with Gasteiger partial charge in [0, 0.05) is 26.2 Å². The fraction of sp³-hybridized carbons (Fsp3) is 0.300. The first-order valence-electron chi connectivity index (χ1n) is 9.29. The van der Waals surface area contributed by atoms with Gasteiger partial charge in [0.15, 0.2) is 11.5 Å². The third-order valence-electron chi connectivity index (χ3n) is 4.83. The molecule has 0 aromatic carbocycles. The van der Waals surface area contributed by atoms with E-state index < -0.39 is 0 Å². The van der Waals surface area contributed by atoms with Crippen molar-refractivity contribution in [1.29, 1.82) is 0 Å². The van der Waals surface area contributed by atoms with Crippen LogP contribution in [0.1, 0.15) is 0 Å². The lowest BCUT2D eigenvalue weighted by Crippen LogP contribution is -2.39. The Hall–Kier alpha value is -3.10. The minimum absolute atomic E-state index is 0.488. The summed E-state index contributed by atoms with van der Waals surface area (Å²) in [5, 5.41) is 4.21. The SMILES string of the molecule is c1coc(-c2oc3ncnc(NCCN4CCOCC4)c3c2-c2ccco2)c1. The predicted octanol–water partition coefficient (Wildman–Crippen LogP) is 3.49. The Morgan fingerprint density at radius 2 is 1.79 bits per heavy atom.